The molecule has 2 amide bonds. The number of hydrogen-bond donors (Lipinski definition) is 1. The first-order chi connectivity index (χ1) is 9.69. The van der Waals surface area contributed by atoms with Crippen LogP contribution >= 0.6 is 23.2 Å². The summed E-state index contributed by atoms with van der Waals surface area (Å²) in [5.74, 6) is -0.509. The Balaban J connectivity index is 2.22. The SMILES string of the molecule is CN(C)C(=O)C(NC(=O)C1(C)CC1(Cl)Cl)c1ccccc1. The minimum absolute atomic E-state index is 0.200. The number of nitrogens with zero attached hydrogens (tertiary/aromatic N) is 1. The summed E-state index contributed by atoms with van der Waals surface area (Å²) in [6.07, 6.45) is 0.382. The fourth-order valence-corrected chi connectivity index (χ4v) is 2.83. The third-order valence-corrected chi connectivity index (χ3v) is 4.96. The fourth-order valence-electron chi connectivity index (χ4n) is 2.13. The maximum Gasteiger partial charge on any atom is 0.249 e. The number of hydrogen-bond acceptors (Lipinski definition) is 2. The Morgan fingerprint density at radius 2 is 1.76 bits per heavy atom. The summed E-state index contributed by atoms with van der Waals surface area (Å²) >= 11 is 12.0. The smallest absolute Gasteiger partial charge is 0.249 e. The van der Waals surface area contributed by atoms with Crippen molar-refractivity contribution in [2.75, 3.05) is 14.1 Å². The molecular formula is C15H18Cl2N2O2. The molecule has 1 aliphatic rings. The van der Waals surface area contributed by atoms with E-state index in [1.165, 1.54) is 4.90 Å². The molecule has 0 aliphatic heterocycles. The zero-order valence-electron chi connectivity index (χ0n) is 12.2. The quantitative estimate of drug-likeness (QED) is 0.863. The van der Waals surface area contributed by atoms with Crippen molar-refractivity contribution < 1.29 is 9.59 Å². The Kier molecular flexibility index (Phi) is 4.22. The van der Waals surface area contributed by atoms with Crippen LogP contribution in [0.3, 0.4) is 0 Å². The maximum absolute atomic E-state index is 12.4. The van der Waals surface area contributed by atoms with Gasteiger partial charge >= 0.3 is 0 Å². The molecule has 1 aromatic carbocycles. The van der Waals surface area contributed by atoms with Gasteiger partial charge in [-0.3, -0.25) is 9.59 Å². The van der Waals surface area contributed by atoms with Crippen LogP contribution in [0.2, 0.25) is 0 Å². The number of amides is 2. The lowest BCUT2D eigenvalue weighted by atomic mass is 10.0. The van der Waals surface area contributed by atoms with E-state index in [4.69, 9.17) is 23.2 Å². The molecule has 0 bridgehead atoms. The van der Waals surface area contributed by atoms with Crippen molar-refractivity contribution in [1.29, 1.82) is 0 Å². The fraction of sp³-hybridized carbons (Fsp3) is 0.467. The van der Waals surface area contributed by atoms with Gasteiger partial charge in [0.15, 0.2) is 0 Å². The molecule has 1 aromatic rings. The first kappa shape index (κ1) is 16.1. The largest absolute Gasteiger partial charge is 0.347 e. The van der Waals surface area contributed by atoms with Gasteiger partial charge in [-0.15, -0.1) is 23.2 Å². The third kappa shape index (κ3) is 3.01. The summed E-state index contributed by atoms with van der Waals surface area (Å²) in [7, 11) is 3.30. The first-order valence-electron chi connectivity index (χ1n) is 6.64. The zero-order valence-corrected chi connectivity index (χ0v) is 13.7. The van der Waals surface area contributed by atoms with E-state index in [2.05, 4.69) is 5.32 Å². The summed E-state index contributed by atoms with van der Waals surface area (Å²) in [5, 5.41) is 2.77. The predicted octanol–water partition coefficient (Wildman–Crippen LogP) is 2.52. The number of nitrogens with one attached hydrogen (secondary N) is 1. The zero-order chi connectivity index (χ0) is 15.8. The molecule has 1 N–H and O–H groups in total. The second-order valence-corrected chi connectivity index (χ2v) is 7.25. The summed E-state index contributed by atoms with van der Waals surface area (Å²) in [5.41, 5.74) is -0.126. The Bertz CT molecular complexity index is 560. The number of benzene rings is 1. The minimum Gasteiger partial charge on any atom is -0.347 e. The molecule has 2 unspecified atom stereocenters. The lowest BCUT2D eigenvalue weighted by Gasteiger charge is -2.24. The lowest BCUT2D eigenvalue weighted by molar-refractivity contribution is -0.136. The Hall–Kier alpha value is -1.26. The summed E-state index contributed by atoms with van der Waals surface area (Å²) < 4.78 is -1.06. The van der Waals surface area contributed by atoms with Gasteiger partial charge in [-0.05, 0) is 18.9 Å². The highest BCUT2D eigenvalue weighted by Crippen LogP contribution is 2.63. The summed E-state index contributed by atoms with van der Waals surface area (Å²) in [4.78, 5) is 26.2. The standard InChI is InChI=1S/C15H18Cl2N2O2/c1-14(9-15(14,16)17)13(21)18-11(12(20)19(2)3)10-7-5-4-6-8-10/h4-8,11H,9H2,1-3H3,(H,18,21). The first-order valence-corrected chi connectivity index (χ1v) is 7.39. The van der Waals surface area contributed by atoms with Crippen molar-refractivity contribution in [3.8, 4) is 0 Å². The van der Waals surface area contributed by atoms with Gasteiger partial charge in [0.25, 0.3) is 0 Å². The molecule has 1 saturated carbocycles. The van der Waals surface area contributed by atoms with Gasteiger partial charge in [-0.1, -0.05) is 30.3 Å². The van der Waals surface area contributed by atoms with Crippen LogP contribution in [0, 0.1) is 5.41 Å². The predicted molar refractivity (Wildman–Crippen MR) is 83.2 cm³/mol. The summed E-state index contributed by atoms with van der Waals surface area (Å²) in [6, 6.07) is 8.36. The maximum atomic E-state index is 12.4. The number of carbonyl (C=O) groups excluding carboxylic acids is 2. The van der Waals surface area contributed by atoms with Gasteiger partial charge in [0, 0.05) is 14.1 Å². The van der Waals surface area contributed by atoms with Crippen molar-refractivity contribution in [1.82, 2.24) is 10.2 Å². The number of likely N-dealkylation sites (N-methyl/N-ethyl adjacent to an activating group) is 1. The molecule has 2 rings (SSSR count). The normalized spacial score (nSPS) is 24.0. The van der Waals surface area contributed by atoms with Gasteiger partial charge in [-0.2, -0.15) is 0 Å². The second kappa shape index (κ2) is 5.50. The molecule has 6 heteroatoms. The molecule has 1 fully saturated rings. The highest BCUT2D eigenvalue weighted by molar-refractivity contribution is 6.53. The molecule has 0 aromatic heterocycles. The van der Waals surface area contributed by atoms with Crippen molar-refractivity contribution in [2.45, 2.75) is 23.7 Å². The number of alkyl halides is 2. The van der Waals surface area contributed by atoms with Crippen molar-refractivity contribution in [2.24, 2.45) is 5.41 Å². The third-order valence-electron chi connectivity index (χ3n) is 3.86. The van der Waals surface area contributed by atoms with E-state index in [9.17, 15) is 9.59 Å². The van der Waals surface area contributed by atoms with Gasteiger partial charge in [0.05, 0.1) is 5.41 Å². The average Bonchev–Trinajstić information content (AvgIpc) is 2.96. The average molecular weight is 329 g/mol. The number of rotatable bonds is 4. The van der Waals surface area contributed by atoms with Crippen LogP contribution in [0.25, 0.3) is 0 Å². The summed E-state index contributed by atoms with van der Waals surface area (Å²) in [6.45, 7) is 1.70. The van der Waals surface area contributed by atoms with Gasteiger partial charge in [0.2, 0.25) is 11.8 Å². The van der Waals surface area contributed by atoms with Gasteiger partial charge in [0.1, 0.15) is 10.4 Å². The highest BCUT2D eigenvalue weighted by Gasteiger charge is 2.68. The molecular weight excluding hydrogens is 311 g/mol. The Labute approximate surface area is 134 Å². The van der Waals surface area contributed by atoms with Crippen LogP contribution in [-0.4, -0.2) is 35.1 Å². The molecule has 0 heterocycles. The topological polar surface area (TPSA) is 49.4 Å². The van der Waals surface area contributed by atoms with Gasteiger partial charge in [-0.25, -0.2) is 0 Å². The van der Waals surface area contributed by atoms with E-state index in [0.717, 1.165) is 5.56 Å². The van der Waals surface area contributed by atoms with E-state index in [1.807, 2.05) is 18.2 Å². The van der Waals surface area contributed by atoms with Crippen molar-refractivity contribution >= 4 is 35.0 Å². The Morgan fingerprint density at radius 1 is 1.24 bits per heavy atom. The van der Waals surface area contributed by atoms with E-state index in [1.54, 1.807) is 33.2 Å². The molecule has 0 radical (unpaired) electrons. The van der Waals surface area contributed by atoms with Crippen LogP contribution in [0.15, 0.2) is 30.3 Å². The van der Waals surface area contributed by atoms with Crippen molar-refractivity contribution in [3.05, 3.63) is 35.9 Å². The molecule has 4 nitrogen and oxygen atoms in total. The highest BCUT2D eigenvalue weighted by atomic mass is 35.5. The molecule has 1 aliphatic carbocycles. The Morgan fingerprint density at radius 3 is 2.19 bits per heavy atom. The van der Waals surface area contributed by atoms with Crippen molar-refractivity contribution in [3.63, 3.8) is 0 Å². The second-order valence-electron chi connectivity index (χ2n) is 5.76. The van der Waals surface area contributed by atoms with E-state index in [-0.39, 0.29) is 11.8 Å². The molecule has 0 spiro atoms. The van der Waals surface area contributed by atoms with E-state index in [0.29, 0.717) is 6.42 Å². The monoisotopic (exact) mass is 328 g/mol. The molecule has 114 valence electrons. The van der Waals surface area contributed by atoms with Gasteiger partial charge < -0.3 is 10.2 Å². The van der Waals surface area contributed by atoms with Crippen LogP contribution in [0.5, 0.6) is 0 Å². The molecule has 0 saturated heterocycles. The van der Waals surface area contributed by atoms with Crippen LogP contribution in [0.1, 0.15) is 24.9 Å². The van der Waals surface area contributed by atoms with Crippen LogP contribution in [0.4, 0.5) is 0 Å². The lowest BCUT2D eigenvalue weighted by Crippen LogP contribution is -2.43. The molecule has 2 atom stereocenters. The van der Waals surface area contributed by atoms with E-state index < -0.39 is 15.8 Å². The minimum atomic E-state index is -1.06. The van der Waals surface area contributed by atoms with Crippen LogP contribution in [-0.2, 0) is 9.59 Å². The number of halogens is 2. The van der Waals surface area contributed by atoms with Crippen LogP contribution < -0.4 is 5.32 Å². The van der Waals surface area contributed by atoms with E-state index >= 15 is 0 Å². The number of carbonyl (C=O) groups is 2. The molecule has 21 heavy (non-hydrogen) atoms.